The fraction of sp³-hybridized carbons (Fsp3) is 0.533. The summed E-state index contributed by atoms with van der Waals surface area (Å²) in [5.41, 5.74) is 1.97. The van der Waals surface area contributed by atoms with Crippen LogP contribution in [0.1, 0.15) is 24.8 Å². The summed E-state index contributed by atoms with van der Waals surface area (Å²) in [4.78, 5) is 12.1. The van der Waals surface area contributed by atoms with Gasteiger partial charge in [-0.05, 0) is 44.5 Å². The summed E-state index contributed by atoms with van der Waals surface area (Å²) in [6.45, 7) is 2.72. The summed E-state index contributed by atoms with van der Waals surface area (Å²) in [5, 5.41) is 9.37. The largest absolute Gasteiger partial charge is 0.493 e. The van der Waals surface area contributed by atoms with Gasteiger partial charge in [-0.3, -0.25) is 0 Å². The number of rotatable bonds is 2. The molecule has 2 aliphatic rings. The van der Waals surface area contributed by atoms with Gasteiger partial charge in [-0.25, -0.2) is 4.79 Å². The molecule has 0 aliphatic carbocycles. The van der Waals surface area contributed by atoms with E-state index in [9.17, 15) is 4.79 Å². The zero-order valence-corrected chi connectivity index (χ0v) is 11.6. The lowest BCUT2D eigenvalue weighted by Gasteiger charge is -2.17. The molecule has 5 nitrogen and oxygen atoms in total. The van der Waals surface area contributed by atoms with Crippen LogP contribution in [0.3, 0.4) is 0 Å². The van der Waals surface area contributed by atoms with Crippen LogP contribution in [0.25, 0.3) is 0 Å². The Labute approximate surface area is 119 Å². The van der Waals surface area contributed by atoms with Gasteiger partial charge in [0.05, 0.1) is 6.61 Å². The van der Waals surface area contributed by atoms with Gasteiger partial charge < -0.3 is 20.7 Å². The van der Waals surface area contributed by atoms with Crippen LogP contribution >= 0.6 is 0 Å². The number of carbonyl (C=O) groups excluding carboxylic acids is 1. The maximum atomic E-state index is 12.1. The lowest BCUT2D eigenvalue weighted by molar-refractivity contribution is 0.247. The van der Waals surface area contributed by atoms with Crippen molar-refractivity contribution in [1.82, 2.24) is 10.6 Å². The molecule has 0 spiro atoms. The van der Waals surface area contributed by atoms with Crippen molar-refractivity contribution in [3.63, 3.8) is 0 Å². The van der Waals surface area contributed by atoms with Gasteiger partial charge in [-0.15, -0.1) is 0 Å². The van der Waals surface area contributed by atoms with Crippen molar-refractivity contribution in [2.24, 2.45) is 0 Å². The molecule has 2 aliphatic heterocycles. The lowest BCUT2D eigenvalue weighted by atomic mass is 10.1. The van der Waals surface area contributed by atoms with E-state index in [0.29, 0.717) is 6.61 Å². The predicted molar refractivity (Wildman–Crippen MR) is 78.3 cm³/mol. The molecule has 0 saturated carbocycles. The van der Waals surface area contributed by atoms with Crippen LogP contribution in [0, 0.1) is 0 Å². The Hall–Kier alpha value is -1.75. The monoisotopic (exact) mass is 275 g/mol. The third-order valence-electron chi connectivity index (χ3n) is 3.90. The fourth-order valence-electron chi connectivity index (χ4n) is 2.85. The van der Waals surface area contributed by atoms with E-state index in [1.54, 1.807) is 0 Å². The van der Waals surface area contributed by atoms with E-state index in [4.69, 9.17) is 4.74 Å². The first-order valence-corrected chi connectivity index (χ1v) is 7.36. The number of hydrogen-bond donors (Lipinski definition) is 3. The second kappa shape index (κ2) is 6.13. The summed E-state index contributed by atoms with van der Waals surface area (Å²) >= 11 is 0. The number of ether oxygens (including phenoxy) is 1. The molecule has 2 amide bonds. The molecule has 1 atom stereocenters. The maximum absolute atomic E-state index is 12.1. The molecule has 2 heterocycles. The van der Waals surface area contributed by atoms with Crippen molar-refractivity contribution in [3.05, 3.63) is 23.8 Å². The summed E-state index contributed by atoms with van der Waals surface area (Å²) in [6.07, 6.45) is 4.00. The summed E-state index contributed by atoms with van der Waals surface area (Å²) in [7, 11) is 0. The van der Waals surface area contributed by atoms with Crippen molar-refractivity contribution < 1.29 is 9.53 Å². The highest BCUT2D eigenvalue weighted by Crippen LogP contribution is 2.31. The number of urea groups is 1. The minimum atomic E-state index is -0.114. The van der Waals surface area contributed by atoms with Crippen molar-refractivity contribution in [2.75, 3.05) is 25.0 Å². The Balaban J connectivity index is 1.60. The number of nitrogens with one attached hydrogen (secondary N) is 3. The van der Waals surface area contributed by atoms with Gasteiger partial charge in [-0.2, -0.15) is 0 Å². The highest BCUT2D eigenvalue weighted by molar-refractivity contribution is 5.90. The second-order valence-electron chi connectivity index (χ2n) is 5.36. The highest BCUT2D eigenvalue weighted by Gasteiger charge is 2.18. The molecular weight excluding hydrogens is 254 g/mol. The van der Waals surface area contributed by atoms with Crippen molar-refractivity contribution in [1.29, 1.82) is 0 Å². The van der Waals surface area contributed by atoms with Gasteiger partial charge in [0.1, 0.15) is 5.75 Å². The average Bonchev–Trinajstić information content (AvgIpc) is 2.78. The lowest BCUT2D eigenvalue weighted by Crippen LogP contribution is -2.38. The van der Waals surface area contributed by atoms with Crippen molar-refractivity contribution in [3.8, 4) is 5.75 Å². The van der Waals surface area contributed by atoms with Crippen LogP contribution < -0.4 is 20.7 Å². The molecule has 0 aromatic heterocycles. The number of carbonyl (C=O) groups is 1. The second-order valence-corrected chi connectivity index (χ2v) is 5.36. The number of amides is 2. The van der Waals surface area contributed by atoms with Gasteiger partial charge >= 0.3 is 6.03 Å². The molecule has 1 aromatic rings. The quantitative estimate of drug-likeness (QED) is 0.772. The average molecular weight is 275 g/mol. The SMILES string of the molecule is O=C(Nc1cccc2c1CCO2)NC1CCCNCC1. The van der Waals surface area contributed by atoms with Crippen molar-refractivity contribution >= 4 is 11.7 Å². The maximum Gasteiger partial charge on any atom is 0.319 e. The van der Waals surface area contributed by atoms with E-state index < -0.39 is 0 Å². The number of anilines is 1. The fourth-order valence-corrected chi connectivity index (χ4v) is 2.85. The van der Waals surface area contributed by atoms with Crippen LogP contribution in [0.5, 0.6) is 5.75 Å². The highest BCUT2D eigenvalue weighted by atomic mass is 16.5. The van der Waals surface area contributed by atoms with Crippen LogP contribution in [0.2, 0.25) is 0 Å². The predicted octanol–water partition coefficient (Wildman–Crippen LogP) is 1.89. The molecule has 1 fully saturated rings. The molecule has 5 heteroatoms. The van der Waals surface area contributed by atoms with Crippen LogP contribution in [0.15, 0.2) is 18.2 Å². The normalized spacial score (nSPS) is 21.5. The van der Waals surface area contributed by atoms with Gasteiger partial charge in [0, 0.05) is 23.7 Å². The van der Waals surface area contributed by atoms with Crippen molar-refractivity contribution in [2.45, 2.75) is 31.7 Å². The van der Waals surface area contributed by atoms with Crippen LogP contribution in [-0.4, -0.2) is 31.8 Å². The Kier molecular flexibility index (Phi) is 4.06. The molecule has 0 radical (unpaired) electrons. The molecule has 20 heavy (non-hydrogen) atoms. The Morgan fingerprint density at radius 2 is 2.25 bits per heavy atom. The van der Waals surface area contributed by atoms with Crippen LogP contribution in [0.4, 0.5) is 10.5 Å². The number of benzene rings is 1. The van der Waals surface area contributed by atoms with Gasteiger partial charge in [0.15, 0.2) is 0 Å². The van der Waals surface area contributed by atoms with E-state index in [-0.39, 0.29) is 12.1 Å². The molecule has 1 aromatic carbocycles. The minimum absolute atomic E-state index is 0.114. The smallest absolute Gasteiger partial charge is 0.319 e. The van der Waals surface area contributed by atoms with Gasteiger partial charge in [0.25, 0.3) is 0 Å². The van der Waals surface area contributed by atoms with Crippen LogP contribution in [-0.2, 0) is 6.42 Å². The minimum Gasteiger partial charge on any atom is -0.493 e. The Morgan fingerprint density at radius 1 is 1.30 bits per heavy atom. The zero-order chi connectivity index (χ0) is 13.8. The molecule has 3 N–H and O–H groups in total. The first-order chi connectivity index (χ1) is 9.83. The zero-order valence-electron chi connectivity index (χ0n) is 11.6. The van der Waals surface area contributed by atoms with E-state index in [2.05, 4.69) is 16.0 Å². The first kappa shape index (κ1) is 13.2. The topological polar surface area (TPSA) is 62.4 Å². The summed E-state index contributed by atoms with van der Waals surface area (Å²) in [6, 6.07) is 5.94. The standard InChI is InChI=1S/C15H21N3O2/c19-15(17-11-3-2-8-16-9-6-11)18-13-4-1-5-14-12(13)7-10-20-14/h1,4-5,11,16H,2-3,6-10H2,(H2,17,18,19). The van der Waals surface area contributed by atoms with Gasteiger partial charge in [-0.1, -0.05) is 6.07 Å². The van der Waals surface area contributed by atoms with E-state index in [1.165, 1.54) is 0 Å². The molecule has 0 bridgehead atoms. The summed E-state index contributed by atoms with van der Waals surface area (Å²) in [5.74, 6) is 0.890. The first-order valence-electron chi connectivity index (χ1n) is 7.36. The number of hydrogen-bond acceptors (Lipinski definition) is 3. The van der Waals surface area contributed by atoms with Gasteiger partial charge in [0.2, 0.25) is 0 Å². The third kappa shape index (κ3) is 3.04. The Bertz CT molecular complexity index is 482. The molecular formula is C15H21N3O2. The molecule has 108 valence electrons. The third-order valence-corrected chi connectivity index (χ3v) is 3.90. The number of fused-ring (bicyclic) bond motifs is 1. The van der Waals surface area contributed by atoms with E-state index in [1.807, 2.05) is 18.2 Å². The Morgan fingerprint density at radius 3 is 3.20 bits per heavy atom. The molecule has 1 saturated heterocycles. The molecule has 1 unspecified atom stereocenters. The van der Waals surface area contributed by atoms with E-state index >= 15 is 0 Å². The van der Waals surface area contributed by atoms with E-state index in [0.717, 1.165) is 55.8 Å². The summed E-state index contributed by atoms with van der Waals surface area (Å²) < 4.78 is 5.51. The molecule has 3 rings (SSSR count).